The van der Waals surface area contributed by atoms with Crippen LogP contribution in [0.5, 0.6) is 5.75 Å². The molecule has 1 aliphatic rings. The zero-order valence-corrected chi connectivity index (χ0v) is 16.2. The molecule has 0 saturated heterocycles. The Hall–Kier alpha value is -2.74. The number of rotatable bonds is 5. The molecule has 1 aliphatic heterocycles. The summed E-state index contributed by atoms with van der Waals surface area (Å²) in [5, 5.41) is 2.17. The molecule has 2 amide bonds. The van der Waals surface area contributed by atoms with Crippen LogP contribution < -0.4 is 15.0 Å². The molecule has 0 bridgehead atoms. The Morgan fingerprint density at radius 3 is 2.66 bits per heavy atom. The van der Waals surface area contributed by atoms with E-state index in [2.05, 4.69) is 5.32 Å². The van der Waals surface area contributed by atoms with Crippen LogP contribution in [-0.2, 0) is 15.8 Å². The van der Waals surface area contributed by atoms with Gasteiger partial charge in [0.05, 0.1) is 16.9 Å². The van der Waals surface area contributed by atoms with E-state index >= 15 is 0 Å². The van der Waals surface area contributed by atoms with Crippen LogP contribution in [0.4, 0.5) is 24.5 Å². The van der Waals surface area contributed by atoms with Crippen molar-refractivity contribution >= 4 is 34.8 Å². The standard InChI is InChI=1S/C20H18ClF3N2O3/c1-2-16-19(28)26(15-5-3-4-6-17(15)29-16)10-9-18(27)25-14-8-7-12(21)11-13(14)20(22,23)24/h3-8,11,16H,2,9-10H2,1H3,(H,25,27). The Morgan fingerprint density at radius 1 is 1.24 bits per heavy atom. The number of para-hydroxylation sites is 2. The maximum atomic E-state index is 13.2. The molecule has 0 fully saturated rings. The second-order valence-electron chi connectivity index (χ2n) is 6.46. The Bertz CT molecular complexity index is 933. The molecule has 0 saturated carbocycles. The van der Waals surface area contributed by atoms with Crippen LogP contribution in [0, 0.1) is 0 Å². The quantitative estimate of drug-likeness (QED) is 0.740. The maximum absolute atomic E-state index is 13.2. The molecule has 1 N–H and O–H groups in total. The summed E-state index contributed by atoms with van der Waals surface area (Å²) < 4.78 is 45.2. The van der Waals surface area contributed by atoms with Gasteiger partial charge in [0, 0.05) is 18.0 Å². The van der Waals surface area contributed by atoms with E-state index in [1.54, 1.807) is 31.2 Å². The van der Waals surface area contributed by atoms with Gasteiger partial charge >= 0.3 is 6.18 Å². The van der Waals surface area contributed by atoms with Crippen molar-refractivity contribution < 1.29 is 27.5 Å². The number of ether oxygens (including phenoxy) is 1. The van der Waals surface area contributed by atoms with Crippen molar-refractivity contribution in [2.75, 3.05) is 16.8 Å². The molecule has 0 aromatic heterocycles. The average molecular weight is 427 g/mol. The molecule has 1 unspecified atom stereocenters. The highest BCUT2D eigenvalue weighted by Crippen LogP contribution is 2.37. The van der Waals surface area contributed by atoms with E-state index in [1.807, 2.05) is 0 Å². The lowest BCUT2D eigenvalue weighted by molar-refractivity contribution is -0.137. The van der Waals surface area contributed by atoms with Gasteiger partial charge in [-0.15, -0.1) is 0 Å². The maximum Gasteiger partial charge on any atom is 0.418 e. The highest BCUT2D eigenvalue weighted by Gasteiger charge is 2.35. The fourth-order valence-electron chi connectivity index (χ4n) is 3.05. The van der Waals surface area contributed by atoms with E-state index in [0.29, 0.717) is 17.9 Å². The molecule has 3 rings (SSSR count). The van der Waals surface area contributed by atoms with Gasteiger partial charge in [-0.2, -0.15) is 13.2 Å². The molecule has 154 valence electrons. The van der Waals surface area contributed by atoms with Crippen molar-refractivity contribution in [1.82, 2.24) is 0 Å². The minimum atomic E-state index is -4.67. The number of carbonyl (C=O) groups is 2. The second kappa shape index (κ2) is 8.32. The summed E-state index contributed by atoms with van der Waals surface area (Å²) in [6.45, 7) is 1.82. The predicted molar refractivity (Wildman–Crippen MR) is 103 cm³/mol. The highest BCUT2D eigenvalue weighted by molar-refractivity contribution is 6.30. The summed E-state index contributed by atoms with van der Waals surface area (Å²) in [4.78, 5) is 26.4. The van der Waals surface area contributed by atoms with Crippen molar-refractivity contribution in [3.05, 3.63) is 53.1 Å². The zero-order valence-electron chi connectivity index (χ0n) is 15.4. The Labute approximate surface area is 170 Å². The monoisotopic (exact) mass is 426 g/mol. The summed E-state index contributed by atoms with van der Waals surface area (Å²) in [5.74, 6) is -0.416. The lowest BCUT2D eigenvalue weighted by Gasteiger charge is -2.34. The van der Waals surface area contributed by atoms with Gasteiger partial charge in [0.15, 0.2) is 6.10 Å². The van der Waals surface area contributed by atoms with Gasteiger partial charge in [0.2, 0.25) is 5.91 Å². The van der Waals surface area contributed by atoms with Crippen molar-refractivity contribution in [1.29, 1.82) is 0 Å². The summed E-state index contributed by atoms with van der Waals surface area (Å²) >= 11 is 5.64. The molecule has 1 atom stereocenters. The van der Waals surface area contributed by atoms with Crippen LogP contribution >= 0.6 is 11.6 Å². The largest absolute Gasteiger partial charge is 0.478 e. The number of benzene rings is 2. The number of anilines is 2. The minimum absolute atomic E-state index is 0.0104. The first-order valence-corrected chi connectivity index (χ1v) is 9.32. The SMILES string of the molecule is CCC1Oc2ccccc2N(CCC(=O)Nc2ccc(Cl)cc2C(F)(F)F)C1=O. The van der Waals surface area contributed by atoms with Gasteiger partial charge in [-0.25, -0.2) is 0 Å². The Morgan fingerprint density at radius 2 is 1.97 bits per heavy atom. The number of hydrogen-bond donors (Lipinski definition) is 1. The Kier molecular flexibility index (Phi) is 6.02. The highest BCUT2D eigenvalue weighted by atomic mass is 35.5. The van der Waals surface area contributed by atoms with Crippen LogP contribution in [0.1, 0.15) is 25.3 Å². The fourth-order valence-corrected chi connectivity index (χ4v) is 3.22. The minimum Gasteiger partial charge on any atom is -0.478 e. The average Bonchev–Trinajstić information content (AvgIpc) is 2.67. The molecule has 0 radical (unpaired) electrons. The number of nitrogens with one attached hydrogen (secondary N) is 1. The first-order chi connectivity index (χ1) is 13.7. The smallest absolute Gasteiger partial charge is 0.418 e. The van der Waals surface area contributed by atoms with Gasteiger partial charge in [0.25, 0.3) is 5.91 Å². The summed E-state index contributed by atoms with van der Waals surface area (Å²) in [6, 6.07) is 10.0. The van der Waals surface area contributed by atoms with Gasteiger partial charge in [-0.1, -0.05) is 30.7 Å². The first-order valence-electron chi connectivity index (χ1n) is 8.94. The van der Waals surface area contributed by atoms with Gasteiger partial charge in [-0.3, -0.25) is 9.59 Å². The number of carbonyl (C=O) groups excluding carboxylic acids is 2. The van der Waals surface area contributed by atoms with E-state index in [9.17, 15) is 22.8 Å². The van der Waals surface area contributed by atoms with E-state index < -0.39 is 23.8 Å². The van der Waals surface area contributed by atoms with Gasteiger partial charge < -0.3 is 15.0 Å². The summed E-state index contributed by atoms with van der Waals surface area (Å²) in [6.07, 6.45) is -5.06. The van der Waals surface area contributed by atoms with Crippen molar-refractivity contribution in [2.45, 2.75) is 32.0 Å². The summed E-state index contributed by atoms with van der Waals surface area (Å²) in [7, 11) is 0. The third-order valence-electron chi connectivity index (χ3n) is 4.46. The predicted octanol–water partition coefficient (Wildman–Crippen LogP) is 4.89. The molecular weight excluding hydrogens is 409 g/mol. The lowest BCUT2D eigenvalue weighted by atomic mass is 10.1. The molecule has 0 aliphatic carbocycles. The number of amides is 2. The van der Waals surface area contributed by atoms with Gasteiger partial charge in [-0.05, 0) is 36.8 Å². The molecule has 2 aromatic carbocycles. The van der Waals surface area contributed by atoms with Crippen molar-refractivity contribution in [3.63, 3.8) is 0 Å². The van der Waals surface area contributed by atoms with E-state index in [4.69, 9.17) is 16.3 Å². The van der Waals surface area contributed by atoms with Crippen molar-refractivity contribution in [3.8, 4) is 5.75 Å². The number of hydrogen-bond acceptors (Lipinski definition) is 3. The zero-order chi connectivity index (χ0) is 21.2. The van der Waals surface area contributed by atoms with Gasteiger partial charge in [0.1, 0.15) is 5.75 Å². The summed E-state index contributed by atoms with van der Waals surface area (Å²) in [5.41, 5.74) is -0.887. The van der Waals surface area contributed by atoms with Crippen LogP contribution in [0.15, 0.2) is 42.5 Å². The fraction of sp³-hybridized carbons (Fsp3) is 0.300. The van der Waals surface area contributed by atoms with Crippen LogP contribution in [0.25, 0.3) is 0 Å². The number of fused-ring (bicyclic) bond motifs is 1. The molecule has 29 heavy (non-hydrogen) atoms. The second-order valence-corrected chi connectivity index (χ2v) is 6.89. The number of nitrogens with zero attached hydrogens (tertiary/aromatic N) is 1. The third kappa shape index (κ3) is 4.64. The normalized spacial score (nSPS) is 16.2. The number of alkyl halides is 3. The first kappa shape index (κ1) is 21.0. The topological polar surface area (TPSA) is 58.6 Å². The molecule has 1 heterocycles. The molecular formula is C20H18ClF3N2O3. The number of halogens is 4. The van der Waals surface area contributed by atoms with Crippen LogP contribution in [-0.4, -0.2) is 24.5 Å². The van der Waals surface area contributed by atoms with E-state index in [0.717, 1.165) is 12.1 Å². The molecule has 2 aromatic rings. The third-order valence-corrected chi connectivity index (χ3v) is 4.70. The van der Waals surface area contributed by atoms with E-state index in [-0.39, 0.29) is 29.6 Å². The lowest BCUT2D eigenvalue weighted by Crippen LogP contribution is -2.46. The molecule has 0 spiro atoms. The van der Waals surface area contributed by atoms with Crippen molar-refractivity contribution in [2.24, 2.45) is 0 Å². The van der Waals surface area contributed by atoms with Crippen LogP contribution in [0.2, 0.25) is 5.02 Å². The Balaban J connectivity index is 1.74. The molecule has 9 heteroatoms. The van der Waals surface area contributed by atoms with E-state index in [1.165, 1.54) is 11.0 Å². The molecule has 5 nitrogen and oxygen atoms in total. The van der Waals surface area contributed by atoms with Crippen LogP contribution in [0.3, 0.4) is 0 Å².